The Hall–Kier alpha value is -2.60. The second-order valence-corrected chi connectivity index (χ2v) is 9.54. The Balaban J connectivity index is 1.38. The molecule has 1 aromatic carbocycles. The molecule has 1 aliphatic rings. The van der Waals surface area contributed by atoms with Gasteiger partial charge in [0.2, 0.25) is 5.91 Å². The molecule has 0 bridgehead atoms. The molecule has 3 heterocycles. The number of aryl methyl sites for hydroxylation is 1. The molecule has 6 heteroatoms. The molecular formula is C24H30N4OS. The molecule has 0 unspecified atom stereocenters. The maximum atomic E-state index is 12.7. The smallest absolute Gasteiger partial charge is 0.228 e. The summed E-state index contributed by atoms with van der Waals surface area (Å²) in [4.78, 5) is 16.6. The van der Waals surface area contributed by atoms with Crippen molar-refractivity contribution >= 4 is 28.6 Å². The van der Waals surface area contributed by atoms with Crippen LogP contribution in [-0.4, -0.2) is 22.2 Å². The fourth-order valence-corrected chi connectivity index (χ4v) is 4.99. The lowest BCUT2D eigenvalue weighted by atomic mass is 10.1. The number of amides is 1. The van der Waals surface area contributed by atoms with Crippen LogP contribution in [0, 0.1) is 19.8 Å². The van der Waals surface area contributed by atoms with Crippen LogP contribution in [0.5, 0.6) is 0 Å². The molecule has 158 valence electrons. The van der Waals surface area contributed by atoms with Gasteiger partial charge in [0.15, 0.2) is 0 Å². The van der Waals surface area contributed by atoms with E-state index >= 15 is 0 Å². The summed E-state index contributed by atoms with van der Waals surface area (Å²) in [5, 5.41) is 9.84. The zero-order valence-electron chi connectivity index (χ0n) is 18.2. The number of carbonyl (C=O) groups excluding carboxylic acids is 1. The normalized spacial score (nSPS) is 13.6. The summed E-state index contributed by atoms with van der Waals surface area (Å²) in [6, 6.07) is 10.4. The fraction of sp³-hybridized carbons (Fsp3) is 0.417. The number of nitrogens with zero attached hydrogens (tertiary/aromatic N) is 3. The lowest BCUT2D eigenvalue weighted by Crippen LogP contribution is -2.29. The van der Waals surface area contributed by atoms with Crippen molar-refractivity contribution in [2.45, 2.75) is 53.6 Å². The topological polar surface area (TPSA) is 50.2 Å². The van der Waals surface area contributed by atoms with Crippen LogP contribution < -0.4 is 10.2 Å². The van der Waals surface area contributed by atoms with Crippen molar-refractivity contribution in [1.82, 2.24) is 9.78 Å². The highest BCUT2D eigenvalue weighted by molar-refractivity contribution is 7.10. The van der Waals surface area contributed by atoms with Gasteiger partial charge in [-0.2, -0.15) is 5.10 Å². The molecule has 0 spiro atoms. The van der Waals surface area contributed by atoms with E-state index in [2.05, 4.69) is 59.7 Å². The Morgan fingerprint density at radius 1 is 1.20 bits per heavy atom. The van der Waals surface area contributed by atoms with Crippen LogP contribution >= 0.6 is 11.3 Å². The minimum atomic E-state index is -0.000987. The molecule has 0 saturated heterocycles. The summed E-state index contributed by atoms with van der Waals surface area (Å²) < 4.78 is 2.02. The second-order valence-electron chi connectivity index (χ2n) is 8.54. The number of hydrogen-bond acceptors (Lipinski definition) is 4. The van der Waals surface area contributed by atoms with E-state index in [4.69, 9.17) is 0 Å². The quantitative estimate of drug-likeness (QED) is 0.611. The number of benzene rings is 1. The van der Waals surface area contributed by atoms with Crippen LogP contribution in [0.15, 0.2) is 35.7 Å². The summed E-state index contributed by atoms with van der Waals surface area (Å²) in [5.74, 6) is 0.522. The van der Waals surface area contributed by atoms with E-state index in [1.165, 1.54) is 16.1 Å². The molecular weight excluding hydrogens is 392 g/mol. The van der Waals surface area contributed by atoms with Crippen LogP contribution in [0.1, 0.15) is 41.2 Å². The number of thiophene rings is 1. The molecule has 1 aliphatic heterocycles. The van der Waals surface area contributed by atoms with Crippen molar-refractivity contribution in [3.05, 3.63) is 63.1 Å². The predicted octanol–water partition coefficient (Wildman–Crippen LogP) is 4.96. The van der Waals surface area contributed by atoms with Gasteiger partial charge in [0, 0.05) is 47.1 Å². The van der Waals surface area contributed by atoms with Gasteiger partial charge in [-0.05, 0) is 67.5 Å². The molecule has 1 N–H and O–H groups in total. The third-order valence-corrected chi connectivity index (χ3v) is 6.75. The van der Waals surface area contributed by atoms with Gasteiger partial charge in [-0.3, -0.25) is 9.48 Å². The Morgan fingerprint density at radius 2 is 1.97 bits per heavy atom. The maximum Gasteiger partial charge on any atom is 0.228 e. The average molecular weight is 423 g/mol. The molecule has 3 aromatic rings. The Kier molecular flexibility index (Phi) is 5.95. The van der Waals surface area contributed by atoms with Crippen molar-refractivity contribution in [3.63, 3.8) is 0 Å². The van der Waals surface area contributed by atoms with Gasteiger partial charge < -0.3 is 10.2 Å². The summed E-state index contributed by atoms with van der Waals surface area (Å²) in [6.07, 6.45) is 1.46. The van der Waals surface area contributed by atoms with Crippen LogP contribution in [0.2, 0.25) is 0 Å². The summed E-state index contributed by atoms with van der Waals surface area (Å²) in [5.41, 5.74) is 6.53. The first-order chi connectivity index (χ1) is 14.4. The monoisotopic (exact) mass is 422 g/mol. The van der Waals surface area contributed by atoms with Crippen LogP contribution in [-0.2, 0) is 30.7 Å². The van der Waals surface area contributed by atoms with Crippen molar-refractivity contribution in [1.29, 1.82) is 0 Å². The second kappa shape index (κ2) is 8.64. The van der Waals surface area contributed by atoms with Crippen molar-refractivity contribution < 1.29 is 4.79 Å². The first-order valence-corrected chi connectivity index (χ1v) is 11.5. The number of aromatic nitrogens is 2. The number of nitrogens with one attached hydrogen (secondary N) is 1. The maximum absolute atomic E-state index is 12.7. The van der Waals surface area contributed by atoms with E-state index < -0.39 is 0 Å². The fourth-order valence-electron chi connectivity index (χ4n) is 4.10. The van der Waals surface area contributed by atoms with Crippen LogP contribution in [0.25, 0.3) is 0 Å². The standard InChI is InChI=1S/C24H30N4OS/c1-16(2)14-28-18(4)22(17(3)26-28)13-24(29)25-20-5-7-21(8-6-20)27-11-9-23-19(15-27)10-12-30-23/h5-8,10,12,16H,9,11,13-15H2,1-4H3,(H,25,29). The number of rotatable bonds is 6. The zero-order valence-corrected chi connectivity index (χ0v) is 19.1. The van der Waals surface area contributed by atoms with E-state index in [1.807, 2.05) is 35.1 Å². The van der Waals surface area contributed by atoms with Crippen molar-refractivity contribution in [2.24, 2.45) is 5.92 Å². The largest absolute Gasteiger partial charge is 0.367 e. The molecule has 2 aromatic heterocycles. The van der Waals surface area contributed by atoms with Gasteiger partial charge in [-0.15, -0.1) is 11.3 Å². The molecule has 1 amide bonds. The first kappa shape index (κ1) is 20.7. The first-order valence-electron chi connectivity index (χ1n) is 10.6. The van der Waals surface area contributed by atoms with Crippen molar-refractivity contribution in [3.8, 4) is 0 Å². The van der Waals surface area contributed by atoms with Gasteiger partial charge in [-0.1, -0.05) is 13.8 Å². The molecule has 0 fully saturated rings. The van der Waals surface area contributed by atoms with E-state index in [0.29, 0.717) is 12.3 Å². The van der Waals surface area contributed by atoms with Crippen LogP contribution in [0.3, 0.4) is 0 Å². The molecule has 0 atom stereocenters. The van der Waals surface area contributed by atoms with E-state index in [-0.39, 0.29) is 5.91 Å². The Labute approximate surface area is 182 Å². The van der Waals surface area contributed by atoms with E-state index in [0.717, 1.165) is 48.7 Å². The molecule has 4 rings (SSSR count). The molecule has 30 heavy (non-hydrogen) atoms. The van der Waals surface area contributed by atoms with Gasteiger partial charge >= 0.3 is 0 Å². The Bertz CT molecular complexity index is 1030. The minimum Gasteiger partial charge on any atom is -0.367 e. The third kappa shape index (κ3) is 4.43. The van der Waals surface area contributed by atoms with Gasteiger partial charge in [-0.25, -0.2) is 0 Å². The number of fused-ring (bicyclic) bond motifs is 1. The molecule has 0 saturated carbocycles. The SMILES string of the molecule is Cc1nn(CC(C)C)c(C)c1CC(=O)Nc1ccc(N2CCc3sccc3C2)cc1. The predicted molar refractivity (Wildman–Crippen MR) is 124 cm³/mol. The molecule has 0 aliphatic carbocycles. The minimum absolute atomic E-state index is 0.000987. The summed E-state index contributed by atoms with van der Waals surface area (Å²) >= 11 is 1.86. The van der Waals surface area contributed by atoms with Gasteiger partial charge in [0.1, 0.15) is 0 Å². The highest BCUT2D eigenvalue weighted by atomic mass is 32.1. The average Bonchev–Trinajstić information content (AvgIpc) is 3.28. The molecule has 0 radical (unpaired) electrons. The highest BCUT2D eigenvalue weighted by Crippen LogP contribution is 2.28. The highest BCUT2D eigenvalue weighted by Gasteiger charge is 2.18. The summed E-state index contributed by atoms with van der Waals surface area (Å²) in [6.45, 7) is 11.3. The Morgan fingerprint density at radius 3 is 2.70 bits per heavy atom. The summed E-state index contributed by atoms with van der Waals surface area (Å²) in [7, 11) is 0. The van der Waals surface area contributed by atoms with E-state index in [9.17, 15) is 4.79 Å². The van der Waals surface area contributed by atoms with Crippen molar-refractivity contribution in [2.75, 3.05) is 16.8 Å². The number of anilines is 2. The van der Waals surface area contributed by atoms with E-state index in [1.54, 1.807) is 0 Å². The number of carbonyl (C=O) groups is 1. The molecule has 5 nitrogen and oxygen atoms in total. The van der Waals surface area contributed by atoms with Crippen LogP contribution in [0.4, 0.5) is 11.4 Å². The zero-order chi connectivity index (χ0) is 21.3. The lowest BCUT2D eigenvalue weighted by Gasteiger charge is -2.29. The lowest BCUT2D eigenvalue weighted by molar-refractivity contribution is -0.115. The third-order valence-electron chi connectivity index (χ3n) is 5.73. The van der Waals surface area contributed by atoms with Gasteiger partial charge in [0.25, 0.3) is 0 Å². The van der Waals surface area contributed by atoms with Gasteiger partial charge in [0.05, 0.1) is 12.1 Å². The number of hydrogen-bond donors (Lipinski definition) is 1.